The minimum Gasteiger partial charge on any atom is -0.760 e. The lowest BCUT2D eigenvalue weighted by Crippen LogP contribution is -2.35. The number of hydrogen-bond donors (Lipinski definition) is 2. The van der Waals surface area contributed by atoms with Gasteiger partial charge in [-0.3, -0.25) is 4.21 Å². The molecule has 96 valence electrons. The van der Waals surface area contributed by atoms with Crippen molar-refractivity contribution in [2.75, 3.05) is 0 Å². The van der Waals surface area contributed by atoms with E-state index < -0.39 is 17.5 Å². The van der Waals surface area contributed by atoms with Gasteiger partial charge in [-0.05, 0) is 24.1 Å². The molecule has 0 bridgehead atoms. The van der Waals surface area contributed by atoms with Crippen molar-refractivity contribution in [2.24, 2.45) is 5.73 Å². The van der Waals surface area contributed by atoms with Crippen LogP contribution < -0.4 is 15.2 Å². The van der Waals surface area contributed by atoms with Crippen molar-refractivity contribution in [3.05, 3.63) is 29.8 Å². The second kappa shape index (κ2) is 7.39. The average Bonchev–Trinajstić information content (AvgIpc) is 2.29. The molecule has 0 radical (unpaired) electrons. The first-order chi connectivity index (χ1) is 8.15. The molecule has 5 nitrogen and oxygen atoms in total. The van der Waals surface area contributed by atoms with Crippen LogP contribution in [0.25, 0.3) is 0 Å². The summed E-state index contributed by atoms with van der Waals surface area (Å²) in [6, 6.07) is 7.30. The van der Waals surface area contributed by atoms with E-state index in [4.69, 9.17) is 10.5 Å². The molecule has 0 fully saturated rings. The van der Waals surface area contributed by atoms with Crippen molar-refractivity contribution < 1.29 is 13.5 Å². The van der Waals surface area contributed by atoms with E-state index in [1.165, 1.54) is 0 Å². The summed E-state index contributed by atoms with van der Waals surface area (Å²) in [6.07, 6.45) is 0.901. The molecular formula is C11H17N2O3S-. The quantitative estimate of drug-likeness (QED) is 0.564. The number of benzene rings is 1. The number of rotatable bonds is 7. The van der Waals surface area contributed by atoms with Crippen LogP contribution in [0, 0.1) is 0 Å². The Bertz CT molecular complexity index is 373. The van der Waals surface area contributed by atoms with Crippen LogP contribution in [0.4, 0.5) is 0 Å². The van der Waals surface area contributed by atoms with Crippen LogP contribution >= 0.6 is 0 Å². The first kappa shape index (κ1) is 14.1. The first-order valence-electron chi connectivity index (χ1n) is 5.46. The summed E-state index contributed by atoms with van der Waals surface area (Å²) in [7, 11) is 0. The van der Waals surface area contributed by atoms with Gasteiger partial charge in [0.15, 0.2) is 6.23 Å². The van der Waals surface area contributed by atoms with Gasteiger partial charge in [-0.2, -0.15) is 0 Å². The van der Waals surface area contributed by atoms with Gasteiger partial charge in [0.25, 0.3) is 0 Å². The third-order valence-electron chi connectivity index (χ3n) is 2.19. The molecule has 0 saturated carbocycles. The van der Waals surface area contributed by atoms with Gasteiger partial charge in [0.1, 0.15) is 5.75 Å². The highest BCUT2D eigenvalue weighted by molar-refractivity contribution is 7.77. The van der Waals surface area contributed by atoms with Crippen LogP contribution in [0.3, 0.4) is 0 Å². The zero-order chi connectivity index (χ0) is 12.7. The van der Waals surface area contributed by atoms with Gasteiger partial charge in [-0.15, -0.1) is 0 Å². The van der Waals surface area contributed by atoms with Gasteiger partial charge in [-0.25, -0.2) is 4.72 Å². The Morgan fingerprint density at radius 3 is 2.94 bits per heavy atom. The predicted octanol–water partition coefficient (Wildman–Crippen LogP) is 1.03. The van der Waals surface area contributed by atoms with Gasteiger partial charge in [0.05, 0.1) is 0 Å². The van der Waals surface area contributed by atoms with E-state index in [0.717, 1.165) is 12.0 Å². The molecule has 0 aliphatic rings. The van der Waals surface area contributed by atoms with E-state index in [0.29, 0.717) is 18.7 Å². The molecule has 2 atom stereocenters. The van der Waals surface area contributed by atoms with E-state index in [-0.39, 0.29) is 0 Å². The first-order valence-corrected chi connectivity index (χ1v) is 6.54. The number of nitrogens with one attached hydrogen (secondary N) is 1. The van der Waals surface area contributed by atoms with Crippen LogP contribution in [0.2, 0.25) is 0 Å². The molecule has 0 spiro atoms. The predicted molar refractivity (Wildman–Crippen MR) is 65.7 cm³/mol. The molecule has 1 rings (SSSR count). The maximum atomic E-state index is 10.6. The van der Waals surface area contributed by atoms with Crippen molar-refractivity contribution in [1.82, 2.24) is 4.72 Å². The van der Waals surface area contributed by atoms with Crippen molar-refractivity contribution in [1.29, 1.82) is 0 Å². The van der Waals surface area contributed by atoms with E-state index in [1.807, 2.05) is 19.1 Å². The van der Waals surface area contributed by atoms with Crippen molar-refractivity contribution >= 4 is 11.3 Å². The van der Waals surface area contributed by atoms with Crippen LogP contribution in [-0.2, 0) is 17.8 Å². The Morgan fingerprint density at radius 2 is 2.35 bits per heavy atom. The van der Waals surface area contributed by atoms with Crippen molar-refractivity contribution in [3.8, 4) is 5.75 Å². The Hall–Kier alpha value is -0.950. The Balaban J connectivity index is 2.67. The second-order valence-corrected chi connectivity index (χ2v) is 4.30. The summed E-state index contributed by atoms with van der Waals surface area (Å²) in [6.45, 7) is 2.39. The number of nitrogens with two attached hydrogens (primary N) is 1. The number of ether oxygens (including phenoxy) is 1. The van der Waals surface area contributed by atoms with Gasteiger partial charge in [0, 0.05) is 17.8 Å². The monoisotopic (exact) mass is 257 g/mol. The number of hydrogen-bond acceptors (Lipinski definition) is 4. The van der Waals surface area contributed by atoms with Gasteiger partial charge in [0.2, 0.25) is 0 Å². The van der Waals surface area contributed by atoms with E-state index in [1.54, 1.807) is 12.1 Å². The highest BCUT2D eigenvalue weighted by Crippen LogP contribution is 2.15. The van der Waals surface area contributed by atoms with Crippen LogP contribution in [0.15, 0.2) is 24.3 Å². The molecule has 17 heavy (non-hydrogen) atoms. The van der Waals surface area contributed by atoms with E-state index in [9.17, 15) is 8.76 Å². The molecular weight excluding hydrogens is 240 g/mol. The lowest BCUT2D eigenvalue weighted by atomic mass is 10.2. The molecule has 0 heterocycles. The zero-order valence-electron chi connectivity index (χ0n) is 9.72. The lowest BCUT2D eigenvalue weighted by Gasteiger charge is -2.21. The molecule has 0 aliphatic heterocycles. The summed E-state index contributed by atoms with van der Waals surface area (Å²) >= 11 is -2.33. The standard InChI is InChI=1S/C11H18N2O3S/c1-2-4-11(13-17(14)15)16-10-6-3-5-9(7-10)8-12/h3,5-7,11,13H,2,4,8,12H2,1H3,(H,14,15)/p-1. The fraction of sp³-hybridized carbons (Fsp3) is 0.455. The van der Waals surface area contributed by atoms with Crippen LogP contribution in [0.5, 0.6) is 5.75 Å². The highest BCUT2D eigenvalue weighted by Gasteiger charge is 2.08. The molecule has 1 aromatic carbocycles. The molecule has 0 amide bonds. The van der Waals surface area contributed by atoms with Gasteiger partial charge in [-0.1, -0.05) is 25.5 Å². The zero-order valence-corrected chi connectivity index (χ0v) is 10.5. The fourth-order valence-electron chi connectivity index (χ4n) is 1.42. The average molecular weight is 257 g/mol. The van der Waals surface area contributed by atoms with Crippen molar-refractivity contribution in [3.63, 3.8) is 0 Å². The molecule has 2 unspecified atom stereocenters. The second-order valence-electron chi connectivity index (χ2n) is 3.60. The summed E-state index contributed by atoms with van der Waals surface area (Å²) < 4.78 is 29.1. The maximum absolute atomic E-state index is 10.6. The molecule has 0 aliphatic carbocycles. The van der Waals surface area contributed by atoms with Crippen molar-refractivity contribution in [2.45, 2.75) is 32.5 Å². The Labute approximate surface area is 104 Å². The molecule has 3 N–H and O–H groups in total. The van der Waals surface area contributed by atoms with Gasteiger partial charge < -0.3 is 15.0 Å². The van der Waals surface area contributed by atoms with Crippen LogP contribution in [0.1, 0.15) is 25.3 Å². The Morgan fingerprint density at radius 1 is 1.59 bits per heavy atom. The summed E-state index contributed by atoms with van der Waals surface area (Å²) in [5.41, 5.74) is 6.46. The third-order valence-corrected chi connectivity index (χ3v) is 2.65. The van der Waals surface area contributed by atoms with E-state index in [2.05, 4.69) is 4.72 Å². The highest BCUT2D eigenvalue weighted by atomic mass is 32.2. The minimum absolute atomic E-state index is 0.427. The molecule has 0 aromatic heterocycles. The topological polar surface area (TPSA) is 87.4 Å². The molecule has 1 aromatic rings. The normalized spacial score (nSPS) is 14.3. The molecule has 6 heteroatoms. The third kappa shape index (κ3) is 5.27. The molecule has 0 saturated heterocycles. The summed E-state index contributed by atoms with van der Waals surface area (Å²) in [4.78, 5) is 0. The summed E-state index contributed by atoms with van der Waals surface area (Å²) in [5.74, 6) is 0.615. The van der Waals surface area contributed by atoms with E-state index >= 15 is 0 Å². The fourth-order valence-corrected chi connectivity index (χ4v) is 1.80. The SMILES string of the molecule is CCCC(NS(=O)[O-])Oc1cccc(CN)c1. The Kier molecular flexibility index (Phi) is 6.13. The maximum Gasteiger partial charge on any atom is 0.160 e. The van der Waals surface area contributed by atoms with Gasteiger partial charge >= 0.3 is 0 Å². The lowest BCUT2D eigenvalue weighted by molar-refractivity contribution is 0.177. The van der Waals surface area contributed by atoms with Crippen LogP contribution in [-0.4, -0.2) is 15.0 Å². The summed E-state index contributed by atoms with van der Waals surface area (Å²) in [5, 5.41) is 0. The smallest absolute Gasteiger partial charge is 0.160 e. The minimum atomic E-state index is -2.33. The largest absolute Gasteiger partial charge is 0.760 e.